The molecule has 4 N–H and O–H groups in total. The molecule has 3 heterocycles. The number of hydrogen-bond acceptors (Lipinski definition) is 11. The number of aliphatic hydroxyl groups excluding tert-OH is 1. The summed E-state index contributed by atoms with van der Waals surface area (Å²) in [5.41, 5.74) is 5.14. The first-order chi connectivity index (χ1) is 34.9. The second kappa shape index (κ2) is 23.3. The molecule has 0 bridgehead atoms. The monoisotopic (exact) mass is 1070 g/mol. The standard InChI is InChI=1S/C55H64ClFN6O7S3/c1-37(2)63-38(3)52(55(65)66)53(54(63)40-10-12-42(56)13-11-40)41-32-43(57)34-47(33-41)62-29-27-61(28-30-62)46-16-14-45(15-17-46)59-73(69,70)49-18-19-50(51(35-49)72(4,67)68)58-44(23-31-71-48-8-6-5-7-9-48)22-26-60-24-20-39(36-64)21-25-60/h5-19,32-35,37,39,44,58-59,64H,20-31,36H2,1-4H3,(H,65,66)/t44-/m1/s1. The van der Waals surface area contributed by atoms with Crippen molar-refractivity contribution < 1.29 is 36.2 Å². The van der Waals surface area contributed by atoms with Crippen molar-refractivity contribution in [2.45, 2.75) is 73.2 Å². The van der Waals surface area contributed by atoms with Crippen LogP contribution in [0.2, 0.25) is 5.02 Å². The molecule has 5 aromatic carbocycles. The summed E-state index contributed by atoms with van der Waals surface area (Å²) in [7, 11) is -8.08. The molecule has 13 nitrogen and oxygen atoms in total. The molecule has 73 heavy (non-hydrogen) atoms. The number of aliphatic hydroxyl groups is 1. The first-order valence-corrected chi connectivity index (χ1v) is 29.4. The minimum atomic E-state index is -4.21. The Balaban J connectivity index is 0.942. The molecule has 1 aromatic heterocycles. The smallest absolute Gasteiger partial charge is 0.338 e. The fourth-order valence-corrected chi connectivity index (χ4v) is 13.2. The van der Waals surface area contributed by atoms with Crippen LogP contribution in [0.4, 0.5) is 27.1 Å². The van der Waals surface area contributed by atoms with Crippen molar-refractivity contribution in [2.24, 2.45) is 5.92 Å². The Morgan fingerprint density at radius 2 is 1.47 bits per heavy atom. The summed E-state index contributed by atoms with van der Waals surface area (Å²) < 4.78 is 74.7. The number of nitrogens with zero attached hydrogens (tertiary/aromatic N) is 4. The van der Waals surface area contributed by atoms with Crippen LogP contribution >= 0.6 is 23.4 Å². The Morgan fingerprint density at radius 3 is 2.08 bits per heavy atom. The second-order valence-electron chi connectivity index (χ2n) is 19.3. The fourth-order valence-electron chi connectivity index (χ4n) is 10.0. The number of thioether (sulfide) groups is 1. The van der Waals surface area contributed by atoms with Gasteiger partial charge in [-0.2, -0.15) is 0 Å². The molecular formula is C55H64ClFN6O7S3. The zero-order valence-electron chi connectivity index (χ0n) is 41.6. The Bertz CT molecular complexity index is 3110. The highest BCUT2D eigenvalue weighted by Gasteiger charge is 2.30. The van der Waals surface area contributed by atoms with E-state index in [9.17, 15) is 31.8 Å². The van der Waals surface area contributed by atoms with Crippen LogP contribution in [0.3, 0.4) is 0 Å². The van der Waals surface area contributed by atoms with Crippen molar-refractivity contribution in [3.8, 4) is 22.4 Å². The van der Waals surface area contributed by atoms with E-state index in [-0.39, 0.29) is 34.0 Å². The lowest BCUT2D eigenvalue weighted by atomic mass is 9.96. The summed E-state index contributed by atoms with van der Waals surface area (Å²) in [5, 5.41) is 24.2. The number of benzene rings is 5. The van der Waals surface area contributed by atoms with Crippen molar-refractivity contribution >= 4 is 71.9 Å². The summed E-state index contributed by atoms with van der Waals surface area (Å²) in [6, 6.07) is 33.0. The Kier molecular flexibility index (Phi) is 17.2. The Morgan fingerprint density at radius 1 is 0.808 bits per heavy atom. The number of nitrogens with one attached hydrogen (secondary N) is 2. The molecule has 6 aromatic rings. The van der Waals surface area contributed by atoms with Gasteiger partial charge >= 0.3 is 5.97 Å². The molecule has 2 aliphatic heterocycles. The summed E-state index contributed by atoms with van der Waals surface area (Å²) in [5.74, 6) is -0.471. The summed E-state index contributed by atoms with van der Waals surface area (Å²) in [6.45, 7) is 10.7. The van der Waals surface area contributed by atoms with Crippen molar-refractivity contribution in [1.82, 2.24) is 9.47 Å². The van der Waals surface area contributed by atoms with Crippen molar-refractivity contribution in [3.63, 3.8) is 0 Å². The van der Waals surface area contributed by atoms with Gasteiger partial charge in [-0.15, -0.1) is 11.8 Å². The molecule has 8 rings (SSSR count). The number of sulfonamides is 1. The first kappa shape index (κ1) is 53.7. The zero-order chi connectivity index (χ0) is 52.0. The molecule has 1 atom stereocenters. The van der Waals surface area contributed by atoms with Crippen LogP contribution in [0.1, 0.15) is 61.6 Å². The van der Waals surface area contributed by atoms with Crippen LogP contribution in [0.15, 0.2) is 130 Å². The maximum absolute atomic E-state index is 15.7. The molecule has 0 amide bonds. The van der Waals surface area contributed by atoms with E-state index in [4.69, 9.17) is 11.6 Å². The molecule has 0 unspecified atom stereocenters. The van der Waals surface area contributed by atoms with E-state index in [0.29, 0.717) is 76.7 Å². The quantitative estimate of drug-likeness (QED) is 0.0536. The number of carboxylic acids is 1. The van der Waals surface area contributed by atoms with Crippen LogP contribution in [-0.2, 0) is 19.9 Å². The van der Waals surface area contributed by atoms with Crippen LogP contribution in [-0.4, -0.2) is 113 Å². The predicted octanol–water partition coefficient (Wildman–Crippen LogP) is 10.8. The van der Waals surface area contributed by atoms with Crippen LogP contribution in [0, 0.1) is 18.7 Å². The van der Waals surface area contributed by atoms with Crippen molar-refractivity contribution in [2.75, 3.05) is 84.3 Å². The number of sulfone groups is 1. The van der Waals surface area contributed by atoms with Crippen molar-refractivity contribution in [3.05, 3.63) is 137 Å². The van der Waals surface area contributed by atoms with E-state index in [1.165, 1.54) is 24.3 Å². The largest absolute Gasteiger partial charge is 0.478 e. The molecular weight excluding hydrogens is 1010 g/mol. The molecule has 2 fully saturated rings. The number of halogens is 2. The van der Waals surface area contributed by atoms with E-state index < -0.39 is 31.6 Å². The van der Waals surface area contributed by atoms with E-state index in [2.05, 4.69) is 36.9 Å². The zero-order valence-corrected chi connectivity index (χ0v) is 44.8. The molecule has 0 aliphatic carbocycles. The van der Waals surface area contributed by atoms with Gasteiger partial charge in [0, 0.05) is 95.9 Å². The SMILES string of the molecule is Cc1c(C(=O)O)c(-c2cc(F)cc(N3CCN(c4ccc(NS(=O)(=O)c5ccc(N[C@@H](CCSc6ccccc6)CCN6CCC(CO)CC6)c(S(C)(=O)=O)c5)cc4)CC3)c2)c(-c2ccc(Cl)cc2)n1C(C)C. The normalized spacial score (nSPS) is 15.5. The number of carbonyl (C=O) groups is 1. The third-order valence-electron chi connectivity index (χ3n) is 13.9. The number of rotatable bonds is 20. The van der Waals surface area contributed by atoms with Crippen LogP contribution in [0.5, 0.6) is 0 Å². The van der Waals surface area contributed by atoms with E-state index in [1.54, 1.807) is 49.0 Å². The maximum atomic E-state index is 15.7. The highest BCUT2D eigenvalue weighted by atomic mass is 35.5. The second-order valence-corrected chi connectivity index (χ2v) is 24.5. The third-order valence-corrected chi connectivity index (χ3v) is 17.7. The number of carboxylic acid groups (broad SMARTS) is 1. The molecule has 2 saturated heterocycles. The molecule has 388 valence electrons. The van der Waals surface area contributed by atoms with Gasteiger partial charge in [0.1, 0.15) is 5.82 Å². The van der Waals surface area contributed by atoms with Crippen molar-refractivity contribution in [1.29, 1.82) is 0 Å². The van der Waals surface area contributed by atoms with Gasteiger partial charge in [0.15, 0.2) is 9.84 Å². The van der Waals surface area contributed by atoms with Gasteiger partial charge in [-0.1, -0.05) is 41.9 Å². The third kappa shape index (κ3) is 13.0. The van der Waals surface area contributed by atoms with Gasteiger partial charge in [0.25, 0.3) is 10.0 Å². The van der Waals surface area contributed by atoms with Crippen LogP contribution < -0.4 is 19.8 Å². The summed E-state index contributed by atoms with van der Waals surface area (Å²) >= 11 is 7.97. The number of aromatic carboxylic acids is 1. The van der Waals surface area contributed by atoms with Gasteiger partial charge in [-0.3, -0.25) is 4.72 Å². The molecule has 18 heteroatoms. The number of hydrogen-bond donors (Lipinski definition) is 4. The van der Waals surface area contributed by atoms with Gasteiger partial charge in [-0.25, -0.2) is 26.0 Å². The highest BCUT2D eigenvalue weighted by Crippen LogP contribution is 2.43. The van der Waals surface area contributed by atoms with E-state index in [0.717, 1.165) is 73.5 Å². The number of aromatic nitrogens is 1. The number of anilines is 4. The van der Waals surface area contributed by atoms with E-state index >= 15 is 4.39 Å². The molecule has 0 radical (unpaired) electrons. The van der Waals surface area contributed by atoms with E-state index in [1.807, 2.05) is 66.9 Å². The first-order valence-electron chi connectivity index (χ1n) is 24.7. The Hall–Kier alpha value is -5.56. The number of piperazine rings is 1. The lowest BCUT2D eigenvalue weighted by Gasteiger charge is -2.37. The molecule has 0 spiro atoms. The van der Waals surface area contributed by atoms with Gasteiger partial charge < -0.3 is 34.8 Å². The lowest BCUT2D eigenvalue weighted by Crippen LogP contribution is -2.46. The van der Waals surface area contributed by atoms with Crippen LogP contribution in [0.25, 0.3) is 22.4 Å². The summed E-state index contributed by atoms with van der Waals surface area (Å²) in [6.07, 6.45) is 4.46. The molecule has 2 aliphatic rings. The Labute approximate surface area is 438 Å². The fraction of sp³-hybridized carbons (Fsp3) is 0.364. The average molecular weight is 1070 g/mol. The van der Waals surface area contributed by atoms with Gasteiger partial charge in [-0.05, 0) is 167 Å². The maximum Gasteiger partial charge on any atom is 0.338 e. The average Bonchev–Trinajstić information content (AvgIpc) is 3.69. The van der Waals surface area contributed by atoms with Gasteiger partial charge in [0.05, 0.1) is 26.7 Å². The number of piperidine rings is 1. The minimum absolute atomic E-state index is 0.0919. The van der Waals surface area contributed by atoms with Gasteiger partial charge in [0.2, 0.25) is 0 Å². The highest BCUT2D eigenvalue weighted by molar-refractivity contribution is 7.99. The molecule has 0 saturated carbocycles. The topological polar surface area (TPSA) is 165 Å². The lowest BCUT2D eigenvalue weighted by molar-refractivity contribution is 0.0696. The minimum Gasteiger partial charge on any atom is -0.478 e. The predicted molar refractivity (Wildman–Crippen MR) is 294 cm³/mol. The summed E-state index contributed by atoms with van der Waals surface area (Å²) in [4.78, 5) is 20.4. The number of likely N-dealkylation sites (tertiary alicyclic amines) is 1.